The lowest BCUT2D eigenvalue weighted by atomic mass is 9.99. The standard InChI is InChI=1S/C34H34F2N3O6PS/c35-34(36,46(43,44)45)24-8-13-29-23(15-24)18-30(47-29)32(41)38-27-17-22-14-21(22)16-26-11-12-28(39(26)33(27)42)31(40)37-25-9-6-20(7-10-25)19-4-2-1-3-5-19/h1-10,13,15,18,21-22,26-28,31,37,40H,11-12,14,16-17H2,(H,38,41)(H2,43,44,45)/t21-,22+,26+,27-,28-,31?/m0/s1. The smallest absolute Gasteiger partial charge is 0.372 e. The number of carbonyl (C=O) groups excluding carboxylic acids is 2. The predicted molar refractivity (Wildman–Crippen MR) is 175 cm³/mol. The van der Waals surface area contributed by atoms with Crippen molar-refractivity contribution in [3.05, 3.63) is 89.3 Å². The third-order valence-corrected chi connectivity index (χ3v) is 11.8. The molecule has 2 aliphatic heterocycles. The van der Waals surface area contributed by atoms with Crippen LogP contribution in [-0.2, 0) is 15.0 Å². The van der Waals surface area contributed by atoms with Crippen molar-refractivity contribution in [2.24, 2.45) is 11.8 Å². The SMILES string of the molecule is O=C(N[C@H]1C[C@H]2C[C@H]2C[C@H]2CC[C@@H](C(O)Nc3ccc(-c4ccccc4)cc3)N2C1=O)c1cc2cc(C(F)(F)P(=O)(O)O)ccc2s1. The monoisotopic (exact) mass is 681 g/mol. The minimum Gasteiger partial charge on any atom is -0.372 e. The Labute approximate surface area is 273 Å². The highest BCUT2D eigenvalue weighted by molar-refractivity contribution is 7.52. The molecule has 0 spiro atoms. The summed E-state index contributed by atoms with van der Waals surface area (Å²) in [7, 11) is -5.75. The normalized spacial score (nSPS) is 25.0. The summed E-state index contributed by atoms with van der Waals surface area (Å²) in [6, 6.07) is 20.9. The number of nitrogens with zero attached hydrogens (tertiary/aromatic N) is 1. The Morgan fingerprint density at radius 2 is 1.64 bits per heavy atom. The van der Waals surface area contributed by atoms with Crippen LogP contribution in [0.2, 0.25) is 0 Å². The number of hydrogen-bond donors (Lipinski definition) is 5. The molecular weight excluding hydrogens is 647 g/mol. The van der Waals surface area contributed by atoms with Crippen LogP contribution in [0.25, 0.3) is 21.2 Å². The van der Waals surface area contributed by atoms with Crippen molar-refractivity contribution < 1.29 is 37.8 Å². The number of thiophene rings is 1. The summed E-state index contributed by atoms with van der Waals surface area (Å²) in [5, 5.41) is 17.6. The highest BCUT2D eigenvalue weighted by Gasteiger charge is 2.52. The lowest BCUT2D eigenvalue weighted by Crippen LogP contribution is -2.56. The molecule has 3 aliphatic rings. The van der Waals surface area contributed by atoms with E-state index in [9.17, 15) is 28.0 Å². The number of halogens is 2. The zero-order valence-corrected chi connectivity index (χ0v) is 26.8. The van der Waals surface area contributed by atoms with E-state index < -0.39 is 43.0 Å². The summed E-state index contributed by atoms with van der Waals surface area (Å²) in [5.74, 6) is -0.0180. The zero-order chi connectivity index (χ0) is 33.1. The van der Waals surface area contributed by atoms with Gasteiger partial charge in [0.1, 0.15) is 12.3 Å². The zero-order valence-electron chi connectivity index (χ0n) is 25.1. The minimum absolute atomic E-state index is 0.0439. The molecule has 3 heterocycles. The van der Waals surface area contributed by atoms with Gasteiger partial charge in [-0.15, -0.1) is 11.3 Å². The summed E-state index contributed by atoms with van der Waals surface area (Å²) in [4.78, 5) is 47.8. The first-order valence-corrected chi connectivity index (χ1v) is 18.0. The average Bonchev–Trinajstić information content (AvgIpc) is 3.41. The number of hydrogen-bond acceptors (Lipinski definition) is 6. The summed E-state index contributed by atoms with van der Waals surface area (Å²) >= 11 is 1.04. The van der Waals surface area contributed by atoms with Crippen molar-refractivity contribution in [2.75, 3.05) is 5.32 Å². The third kappa shape index (κ3) is 6.21. The Morgan fingerprint density at radius 3 is 2.36 bits per heavy atom. The molecule has 47 heavy (non-hydrogen) atoms. The van der Waals surface area contributed by atoms with E-state index >= 15 is 0 Å². The van der Waals surface area contributed by atoms with Crippen LogP contribution in [0.1, 0.15) is 47.3 Å². The molecule has 4 aromatic rings. The maximum atomic E-state index is 14.3. The molecule has 5 N–H and O–H groups in total. The highest BCUT2D eigenvalue weighted by Crippen LogP contribution is 2.59. The molecule has 2 saturated heterocycles. The van der Waals surface area contributed by atoms with Crippen LogP contribution in [-0.4, -0.2) is 56.0 Å². The molecule has 6 atom stereocenters. The number of nitrogens with one attached hydrogen (secondary N) is 2. The molecule has 1 aromatic heterocycles. The number of aliphatic hydroxyl groups is 1. The Balaban J connectivity index is 1.07. The summed E-state index contributed by atoms with van der Waals surface area (Å²) in [5.41, 5.74) is -2.37. The molecule has 2 amide bonds. The molecule has 0 radical (unpaired) electrons. The molecule has 3 fully saturated rings. The van der Waals surface area contributed by atoms with Crippen LogP contribution < -0.4 is 10.6 Å². The molecule has 246 valence electrons. The predicted octanol–water partition coefficient (Wildman–Crippen LogP) is 6.11. The van der Waals surface area contributed by atoms with Gasteiger partial charge in [-0.2, -0.15) is 8.78 Å². The van der Waals surface area contributed by atoms with Gasteiger partial charge in [0.15, 0.2) is 0 Å². The maximum absolute atomic E-state index is 14.3. The number of benzene rings is 3. The largest absolute Gasteiger partial charge is 0.399 e. The van der Waals surface area contributed by atoms with Gasteiger partial charge < -0.3 is 30.4 Å². The summed E-state index contributed by atoms with van der Waals surface area (Å²) in [6.45, 7) is 0. The Bertz CT molecular complexity index is 1870. The van der Waals surface area contributed by atoms with E-state index in [0.717, 1.165) is 59.5 Å². The van der Waals surface area contributed by atoms with Gasteiger partial charge in [-0.25, -0.2) is 0 Å². The van der Waals surface area contributed by atoms with Gasteiger partial charge in [-0.1, -0.05) is 48.5 Å². The molecule has 0 bridgehead atoms. The lowest BCUT2D eigenvalue weighted by molar-refractivity contribution is -0.139. The van der Waals surface area contributed by atoms with E-state index in [2.05, 4.69) is 10.6 Å². The molecule has 3 aromatic carbocycles. The number of rotatable bonds is 8. The van der Waals surface area contributed by atoms with Crippen LogP contribution in [0.3, 0.4) is 0 Å². The number of amides is 2. The fourth-order valence-corrected chi connectivity index (χ4v) is 8.56. The second-order valence-electron chi connectivity index (χ2n) is 12.8. The van der Waals surface area contributed by atoms with Crippen molar-refractivity contribution in [1.82, 2.24) is 10.2 Å². The van der Waals surface area contributed by atoms with Gasteiger partial charge in [-0.05, 0) is 90.8 Å². The van der Waals surface area contributed by atoms with E-state index in [1.165, 1.54) is 12.1 Å². The van der Waals surface area contributed by atoms with Gasteiger partial charge in [0.05, 0.1) is 10.9 Å². The first kappa shape index (κ1) is 31.9. The first-order valence-electron chi connectivity index (χ1n) is 15.6. The van der Waals surface area contributed by atoms with Crippen molar-refractivity contribution >= 4 is 46.5 Å². The van der Waals surface area contributed by atoms with Crippen molar-refractivity contribution in [2.45, 2.75) is 62.1 Å². The Kier molecular flexibility index (Phi) is 8.21. The van der Waals surface area contributed by atoms with E-state index in [-0.39, 0.29) is 22.2 Å². The Hall–Kier alpha value is -3.67. The fourth-order valence-electron chi connectivity index (χ4n) is 7.13. The molecule has 1 saturated carbocycles. The second kappa shape index (κ2) is 12.1. The highest BCUT2D eigenvalue weighted by atomic mass is 32.1. The first-order chi connectivity index (χ1) is 22.4. The van der Waals surface area contributed by atoms with Gasteiger partial charge in [0.25, 0.3) is 5.91 Å². The van der Waals surface area contributed by atoms with Gasteiger partial charge >= 0.3 is 13.3 Å². The van der Waals surface area contributed by atoms with Crippen LogP contribution in [0.5, 0.6) is 0 Å². The van der Waals surface area contributed by atoms with Crippen LogP contribution in [0.4, 0.5) is 14.5 Å². The molecular formula is C34H34F2N3O6PS. The maximum Gasteiger partial charge on any atom is 0.399 e. The molecule has 1 aliphatic carbocycles. The van der Waals surface area contributed by atoms with E-state index in [1.807, 2.05) is 54.6 Å². The number of alkyl halides is 2. The topological polar surface area (TPSA) is 139 Å². The van der Waals surface area contributed by atoms with Crippen molar-refractivity contribution in [3.63, 3.8) is 0 Å². The summed E-state index contributed by atoms with van der Waals surface area (Å²) < 4.78 is 40.5. The molecule has 9 nitrogen and oxygen atoms in total. The molecule has 7 rings (SSSR count). The van der Waals surface area contributed by atoms with Gasteiger partial charge in [0, 0.05) is 22.0 Å². The second-order valence-corrected chi connectivity index (χ2v) is 15.5. The quantitative estimate of drug-likeness (QED) is 0.112. The van der Waals surface area contributed by atoms with Crippen molar-refractivity contribution in [3.8, 4) is 11.1 Å². The number of fused-ring (bicyclic) bond motifs is 3. The third-order valence-electron chi connectivity index (χ3n) is 9.71. The number of carbonyl (C=O) groups is 2. The average molecular weight is 682 g/mol. The Morgan fingerprint density at radius 1 is 0.936 bits per heavy atom. The van der Waals surface area contributed by atoms with Gasteiger partial charge in [0.2, 0.25) is 5.91 Å². The number of anilines is 1. The van der Waals surface area contributed by atoms with E-state index in [4.69, 9.17) is 9.79 Å². The minimum atomic E-state index is -5.75. The van der Waals surface area contributed by atoms with Gasteiger partial charge in [-0.3, -0.25) is 14.2 Å². The van der Waals surface area contributed by atoms with E-state index in [1.54, 1.807) is 4.90 Å². The lowest BCUT2D eigenvalue weighted by Gasteiger charge is -2.37. The van der Waals surface area contributed by atoms with Crippen LogP contribution in [0, 0.1) is 11.8 Å². The fraction of sp³-hybridized carbons (Fsp3) is 0.353. The van der Waals surface area contributed by atoms with Crippen LogP contribution >= 0.6 is 18.9 Å². The van der Waals surface area contributed by atoms with E-state index in [0.29, 0.717) is 29.4 Å². The van der Waals surface area contributed by atoms with Crippen LogP contribution in [0.15, 0.2) is 78.9 Å². The summed E-state index contributed by atoms with van der Waals surface area (Å²) in [6.07, 6.45) is 2.65. The van der Waals surface area contributed by atoms with Crippen molar-refractivity contribution in [1.29, 1.82) is 0 Å². The molecule has 13 heteroatoms. The number of aliphatic hydroxyl groups excluding tert-OH is 1. The molecule has 1 unspecified atom stereocenters.